The van der Waals surface area contributed by atoms with Gasteiger partial charge in [0.25, 0.3) is 0 Å². The van der Waals surface area contributed by atoms with Gasteiger partial charge < -0.3 is 9.88 Å². The molecule has 238 valence electrons. The van der Waals surface area contributed by atoms with Gasteiger partial charge in [0.05, 0.1) is 16.4 Å². The molecule has 50 heavy (non-hydrogen) atoms. The Morgan fingerprint density at radius 2 is 1.12 bits per heavy atom. The fourth-order valence-electron chi connectivity index (χ4n) is 8.52. The normalized spacial score (nSPS) is 17.6. The van der Waals surface area contributed by atoms with Crippen LogP contribution >= 0.6 is 0 Å². The zero-order valence-electron chi connectivity index (χ0n) is 27.4. The van der Waals surface area contributed by atoms with Crippen molar-refractivity contribution in [1.29, 1.82) is 0 Å². The van der Waals surface area contributed by atoms with Crippen LogP contribution in [0.1, 0.15) is 45.8 Å². The molecular formula is C46H34N4. The Kier molecular flexibility index (Phi) is 6.58. The van der Waals surface area contributed by atoms with E-state index in [0.29, 0.717) is 0 Å². The summed E-state index contributed by atoms with van der Waals surface area (Å²) in [5.41, 5.74) is 11.8. The van der Waals surface area contributed by atoms with Gasteiger partial charge in [-0.05, 0) is 51.1 Å². The SMILES string of the molecule is c1ccc(C2=NC(n3c4ccccc4c4c5c(ccc43)C(c3ccccc3)(c3ccccc3)c3ccccc3-5)NC(c3ccccc3)N2)cc1. The summed E-state index contributed by atoms with van der Waals surface area (Å²) in [6.07, 6.45) is -0.495. The molecule has 4 heteroatoms. The highest BCUT2D eigenvalue weighted by Gasteiger charge is 2.47. The maximum absolute atomic E-state index is 5.39. The number of nitrogens with one attached hydrogen (secondary N) is 2. The van der Waals surface area contributed by atoms with Crippen LogP contribution in [0.2, 0.25) is 0 Å². The molecule has 7 aromatic carbocycles. The van der Waals surface area contributed by atoms with Crippen LogP contribution in [-0.2, 0) is 5.41 Å². The third-order valence-corrected chi connectivity index (χ3v) is 10.6. The molecule has 2 atom stereocenters. The lowest BCUT2D eigenvalue weighted by Gasteiger charge is -2.34. The number of para-hydroxylation sites is 1. The van der Waals surface area contributed by atoms with Gasteiger partial charge >= 0.3 is 0 Å². The first-order chi connectivity index (χ1) is 24.8. The Morgan fingerprint density at radius 3 is 1.84 bits per heavy atom. The number of aromatic nitrogens is 1. The summed E-state index contributed by atoms with van der Waals surface area (Å²) in [6.45, 7) is 0. The zero-order valence-corrected chi connectivity index (χ0v) is 27.4. The van der Waals surface area contributed by atoms with Crippen LogP contribution in [0, 0.1) is 0 Å². The van der Waals surface area contributed by atoms with Crippen molar-refractivity contribution in [2.24, 2.45) is 4.99 Å². The Morgan fingerprint density at radius 1 is 0.520 bits per heavy atom. The highest BCUT2D eigenvalue weighted by molar-refractivity contribution is 6.17. The second-order valence-electron chi connectivity index (χ2n) is 13.2. The van der Waals surface area contributed by atoms with Crippen molar-refractivity contribution in [3.63, 3.8) is 0 Å². The van der Waals surface area contributed by atoms with E-state index >= 15 is 0 Å². The second kappa shape index (κ2) is 11.4. The summed E-state index contributed by atoms with van der Waals surface area (Å²) >= 11 is 0. The van der Waals surface area contributed by atoms with Gasteiger partial charge in [0, 0.05) is 16.3 Å². The van der Waals surface area contributed by atoms with Crippen LogP contribution in [0.15, 0.2) is 187 Å². The minimum absolute atomic E-state index is 0.135. The highest BCUT2D eigenvalue weighted by Crippen LogP contribution is 2.58. The molecule has 1 aromatic heterocycles. The summed E-state index contributed by atoms with van der Waals surface area (Å²) in [4.78, 5) is 5.39. The molecule has 4 nitrogen and oxygen atoms in total. The molecule has 2 heterocycles. The Balaban J connectivity index is 1.27. The lowest BCUT2D eigenvalue weighted by Crippen LogP contribution is -2.46. The molecule has 10 rings (SSSR count). The Hall–Kier alpha value is -6.23. The third-order valence-electron chi connectivity index (χ3n) is 10.6. The summed E-state index contributed by atoms with van der Waals surface area (Å²) in [5, 5.41) is 10.1. The Bertz CT molecular complexity index is 2500. The number of benzene rings is 7. The van der Waals surface area contributed by atoms with Crippen molar-refractivity contribution < 1.29 is 0 Å². The van der Waals surface area contributed by atoms with Gasteiger partial charge in [0.1, 0.15) is 12.0 Å². The molecule has 0 radical (unpaired) electrons. The molecule has 0 bridgehead atoms. The van der Waals surface area contributed by atoms with E-state index in [0.717, 1.165) is 28.0 Å². The first-order valence-electron chi connectivity index (χ1n) is 17.3. The van der Waals surface area contributed by atoms with Crippen LogP contribution in [0.25, 0.3) is 32.9 Å². The van der Waals surface area contributed by atoms with E-state index in [1.54, 1.807) is 0 Å². The van der Waals surface area contributed by atoms with Crippen LogP contribution in [0.3, 0.4) is 0 Å². The topological polar surface area (TPSA) is 41.4 Å². The predicted molar refractivity (Wildman–Crippen MR) is 204 cm³/mol. The molecule has 0 saturated heterocycles. The fourth-order valence-corrected chi connectivity index (χ4v) is 8.52. The molecule has 2 aliphatic rings. The molecule has 0 saturated carbocycles. The minimum atomic E-state index is -0.462. The van der Waals surface area contributed by atoms with E-state index in [-0.39, 0.29) is 12.5 Å². The molecule has 0 amide bonds. The maximum Gasteiger partial charge on any atom is 0.184 e. The van der Waals surface area contributed by atoms with E-state index in [9.17, 15) is 0 Å². The highest BCUT2D eigenvalue weighted by atomic mass is 15.4. The van der Waals surface area contributed by atoms with Gasteiger partial charge in [0.2, 0.25) is 0 Å². The van der Waals surface area contributed by atoms with E-state index < -0.39 is 5.41 Å². The summed E-state index contributed by atoms with van der Waals surface area (Å²) < 4.78 is 2.40. The minimum Gasteiger partial charge on any atom is -0.350 e. The van der Waals surface area contributed by atoms with Gasteiger partial charge in [0.15, 0.2) is 6.29 Å². The summed E-state index contributed by atoms with van der Waals surface area (Å²) in [5.74, 6) is 0.868. The van der Waals surface area contributed by atoms with Crippen molar-refractivity contribution in [3.05, 3.63) is 215 Å². The van der Waals surface area contributed by atoms with E-state index in [1.165, 1.54) is 44.2 Å². The van der Waals surface area contributed by atoms with Crippen molar-refractivity contribution in [2.45, 2.75) is 17.9 Å². The van der Waals surface area contributed by atoms with Crippen molar-refractivity contribution in [3.8, 4) is 11.1 Å². The quantitative estimate of drug-likeness (QED) is 0.196. The van der Waals surface area contributed by atoms with Crippen molar-refractivity contribution in [1.82, 2.24) is 15.2 Å². The molecular weight excluding hydrogens is 609 g/mol. The molecule has 8 aromatic rings. The molecule has 0 fully saturated rings. The summed E-state index contributed by atoms with van der Waals surface area (Å²) in [7, 11) is 0. The number of rotatable bonds is 5. The van der Waals surface area contributed by atoms with Gasteiger partial charge in [-0.1, -0.05) is 170 Å². The van der Waals surface area contributed by atoms with Crippen LogP contribution in [0.5, 0.6) is 0 Å². The van der Waals surface area contributed by atoms with Crippen LogP contribution in [-0.4, -0.2) is 10.4 Å². The van der Waals surface area contributed by atoms with Gasteiger partial charge in [-0.3, -0.25) is 5.32 Å². The lowest BCUT2D eigenvalue weighted by molar-refractivity contribution is 0.341. The van der Waals surface area contributed by atoms with Gasteiger partial charge in [-0.25, -0.2) is 4.99 Å². The van der Waals surface area contributed by atoms with Crippen LogP contribution in [0.4, 0.5) is 0 Å². The monoisotopic (exact) mass is 642 g/mol. The standard InChI is InChI=1S/C46H34N4/c1-5-17-31(18-6-1)43-47-44(32-19-7-2-8-20-32)49-45(48-43)50-39-28-16-14-26-36(39)42-40(50)30-29-38-41(42)35-25-13-15-27-37(35)46(38,33-21-9-3-10-22-33)34-23-11-4-12-24-34/h1-30,43,45,48H,(H,47,49). The number of hydrogen-bond acceptors (Lipinski definition) is 3. The second-order valence-corrected chi connectivity index (χ2v) is 13.2. The summed E-state index contributed by atoms with van der Waals surface area (Å²) in [6, 6.07) is 65.6. The maximum atomic E-state index is 5.39. The largest absolute Gasteiger partial charge is 0.350 e. The number of aliphatic imine (C=N–C) groups is 1. The predicted octanol–water partition coefficient (Wildman–Crippen LogP) is 9.95. The molecule has 1 aliphatic carbocycles. The van der Waals surface area contributed by atoms with E-state index in [1.807, 2.05) is 6.07 Å². The number of nitrogens with zero attached hydrogens (tertiary/aromatic N) is 2. The third kappa shape index (κ3) is 4.19. The van der Waals surface area contributed by atoms with E-state index in [4.69, 9.17) is 4.99 Å². The number of amidine groups is 1. The van der Waals surface area contributed by atoms with Gasteiger partial charge in [-0.2, -0.15) is 0 Å². The average molecular weight is 643 g/mol. The smallest absolute Gasteiger partial charge is 0.184 e. The Labute approximate surface area is 291 Å². The van der Waals surface area contributed by atoms with E-state index in [2.05, 4.69) is 191 Å². The molecule has 2 N–H and O–H groups in total. The average Bonchev–Trinajstić information content (AvgIpc) is 3.70. The number of fused-ring (bicyclic) bond motifs is 7. The molecule has 0 spiro atoms. The molecule has 2 unspecified atom stereocenters. The lowest BCUT2D eigenvalue weighted by atomic mass is 9.67. The first-order valence-corrected chi connectivity index (χ1v) is 17.3. The zero-order chi connectivity index (χ0) is 33.1. The van der Waals surface area contributed by atoms with Gasteiger partial charge in [-0.15, -0.1) is 0 Å². The first kappa shape index (κ1) is 28.8. The number of hydrogen-bond donors (Lipinski definition) is 2. The molecule has 1 aliphatic heterocycles. The van der Waals surface area contributed by atoms with Crippen LogP contribution < -0.4 is 10.6 Å². The van der Waals surface area contributed by atoms with Crippen molar-refractivity contribution in [2.75, 3.05) is 0 Å². The fraction of sp³-hybridized carbons (Fsp3) is 0.0652. The van der Waals surface area contributed by atoms with Crippen molar-refractivity contribution >= 4 is 27.6 Å².